The van der Waals surface area contributed by atoms with Crippen LogP contribution in [0.5, 0.6) is 5.75 Å². The molecule has 7 nitrogen and oxygen atoms in total. The molecule has 0 saturated heterocycles. The number of carbonyl (C=O) groups is 1. The van der Waals surface area contributed by atoms with Crippen molar-refractivity contribution in [1.82, 2.24) is 20.0 Å². The zero-order valence-electron chi connectivity index (χ0n) is 17.2. The number of hydrogen-bond acceptors (Lipinski definition) is 4. The highest BCUT2D eigenvalue weighted by atomic mass is 19.4. The molecule has 0 atom stereocenters. The highest BCUT2D eigenvalue weighted by molar-refractivity contribution is 6.03. The van der Waals surface area contributed by atoms with Gasteiger partial charge in [-0.2, -0.15) is 32.1 Å². The first-order valence-electron chi connectivity index (χ1n) is 9.78. The van der Waals surface area contributed by atoms with Gasteiger partial charge in [-0.3, -0.25) is 14.6 Å². The third-order valence-electron chi connectivity index (χ3n) is 4.69. The van der Waals surface area contributed by atoms with Crippen LogP contribution in [0.2, 0.25) is 0 Å². The number of amides is 1. The van der Waals surface area contributed by atoms with Crippen molar-refractivity contribution >= 4 is 11.6 Å². The van der Waals surface area contributed by atoms with E-state index in [1.54, 1.807) is 6.07 Å². The molecule has 0 radical (unpaired) electrons. The van der Waals surface area contributed by atoms with Crippen LogP contribution in [0.4, 0.5) is 27.6 Å². The summed E-state index contributed by atoms with van der Waals surface area (Å²) in [6.45, 7) is -2.85. The standard InChI is InChI=1S/C22H16F5N5O2/c23-21(24)34-17-6-4-14(5-7-17)18-9-19(31-30-18)20(33)29-16-10-28-32(12-16)11-13-2-1-3-15(8-13)22(25,26)27/h1-10,12,21H,11H2,(H,29,33)(H,30,31). The lowest BCUT2D eigenvalue weighted by Crippen LogP contribution is -2.12. The second-order valence-corrected chi connectivity index (χ2v) is 7.15. The van der Waals surface area contributed by atoms with Gasteiger partial charge in [-0.15, -0.1) is 0 Å². The van der Waals surface area contributed by atoms with E-state index in [0.717, 1.165) is 12.1 Å². The minimum absolute atomic E-state index is 0.00519. The number of ether oxygens (including phenoxy) is 1. The molecule has 4 rings (SSSR count). The van der Waals surface area contributed by atoms with E-state index in [2.05, 4.69) is 25.3 Å². The number of halogens is 5. The molecule has 1 amide bonds. The van der Waals surface area contributed by atoms with Crippen LogP contribution in [0.1, 0.15) is 21.6 Å². The number of nitrogens with zero attached hydrogens (tertiary/aromatic N) is 3. The van der Waals surface area contributed by atoms with E-state index in [1.165, 1.54) is 53.5 Å². The van der Waals surface area contributed by atoms with E-state index in [1.807, 2.05) is 0 Å². The number of aromatic nitrogens is 4. The molecular weight excluding hydrogens is 461 g/mol. The molecule has 34 heavy (non-hydrogen) atoms. The molecule has 0 spiro atoms. The summed E-state index contributed by atoms with van der Waals surface area (Å²) in [4.78, 5) is 12.5. The van der Waals surface area contributed by atoms with Gasteiger partial charge in [0.25, 0.3) is 5.91 Å². The van der Waals surface area contributed by atoms with E-state index >= 15 is 0 Å². The summed E-state index contributed by atoms with van der Waals surface area (Å²) in [7, 11) is 0. The Morgan fingerprint density at radius 2 is 1.88 bits per heavy atom. The Hall–Kier alpha value is -4.22. The Balaban J connectivity index is 1.39. The zero-order valence-corrected chi connectivity index (χ0v) is 17.2. The summed E-state index contributed by atoms with van der Waals surface area (Å²) in [6, 6.07) is 12.1. The van der Waals surface area contributed by atoms with Gasteiger partial charge < -0.3 is 10.1 Å². The molecule has 0 saturated carbocycles. The average Bonchev–Trinajstić information content (AvgIpc) is 3.43. The molecule has 2 aromatic heterocycles. The number of nitrogens with one attached hydrogen (secondary N) is 2. The zero-order chi connectivity index (χ0) is 24.3. The topological polar surface area (TPSA) is 84.8 Å². The van der Waals surface area contributed by atoms with Crippen molar-refractivity contribution in [3.63, 3.8) is 0 Å². The normalized spacial score (nSPS) is 11.6. The van der Waals surface area contributed by atoms with Gasteiger partial charge >= 0.3 is 12.8 Å². The predicted molar refractivity (Wildman–Crippen MR) is 111 cm³/mol. The van der Waals surface area contributed by atoms with Crippen molar-refractivity contribution in [2.24, 2.45) is 0 Å². The van der Waals surface area contributed by atoms with E-state index < -0.39 is 24.3 Å². The molecule has 0 fully saturated rings. The van der Waals surface area contributed by atoms with Gasteiger partial charge in [0, 0.05) is 11.8 Å². The minimum Gasteiger partial charge on any atom is -0.435 e. The number of benzene rings is 2. The fourth-order valence-corrected chi connectivity index (χ4v) is 3.14. The lowest BCUT2D eigenvalue weighted by Gasteiger charge is -2.08. The van der Waals surface area contributed by atoms with E-state index in [4.69, 9.17) is 0 Å². The summed E-state index contributed by atoms with van der Waals surface area (Å²) in [6.07, 6.45) is -1.59. The number of anilines is 1. The summed E-state index contributed by atoms with van der Waals surface area (Å²) < 4.78 is 68.8. The van der Waals surface area contributed by atoms with Crippen LogP contribution in [-0.4, -0.2) is 32.5 Å². The summed E-state index contributed by atoms with van der Waals surface area (Å²) >= 11 is 0. The summed E-state index contributed by atoms with van der Waals surface area (Å²) in [5.74, 6) is -0.524. The van der Waals surface area contributed by atoms with Crippen LogP contribution < -0.4 is 10.1 Å². The third kappa shape index (κ3) is 5.57. The van der Waals surface area contributed by atoms with Crippen LogP contribution in [-0.2, 0) is 12.7 Å². The van der Waals surface area contributed by atoms with Crippen molar-refractivity contribution in [3.8, 4) is 17.0 Å². The first kappa shape index (κ1) is 23.0. The number of alkyl halides is 5. The van der Waals surface area contributed by atoms with Crippen molar-refractivity contribution in [2.75, 3.05) is 5.32 Å². The maximum atomic E-state index is 12.9. The Labute approximate surface area is 189 Å². The molecule has 4 aromatic rings. The molecule has 2 heterocycles. The summed E-state index contributed by atoms with van der Waals surface area (Å²) in [5, 5.41) is 13.3. The molecule has 12 heteroatoms. The van der Waals surface area contributed by atoms with Gasteiger partial charge in [0.15, 0.2) is 0 Å². The van der Waals surface area contributed by atoms with Gasteiger partial charge in [-0.05, 0) is 48.0 Å². The van der Waals surface area contributed by atoms with E-state index in [9.17, 15) is 26.7 Å². The molecule has 0 aliphatic rings. The maximum Gasteiger partial charge on any atom is 0.416 e. The van der Waals surface area contributed by atoms with Crippen LogP contribution in [0, 0.1) is 0 Å². The quantitative estimate of drug-likeness (QED) is 0.359. The van der Waals surface area contributed by atoms with Crippen molar-refractivity contribution in [3.05, 3.63) is 83.8 Å². The largest absolute Gasteiger partial charge is 0.435 e. The fourth-order valence-electron chi connectivity index (χ4n) is 3.14. The third-order valence-corrected chi connectivity index (χ3v) is 4.69. The molecule has 2 N–H and O–H groups in total. The SMILES string of the molecule is O=C(Nc1cnn(Cc2cccc(C(F)(F)F)c2)c1)c1cc(-c2ccc(OC(F)F)cc2)n[nH]1. The predicted octanol–water partition coefficient (Wildman–Crippen LogP) is 5.19. The molecule has 0 unspecified atom stereocenters. The second kappa shape index (κ2) is 9.33. The highest BCUT2D eigenvalue weighted by Gasteiger charge is 2.30. The average molecular weight is 477 g/mol. The number of hydrogen-bond donors (Lipinski definition) is 2. The van der Waals surface area contributed by atoms with Gasteiger partial charge in [-0.25, -0.2) is 0 Å². The number of rotatable bonds is 7. The monoisotopic (exact) mass is 477 g/mol. The van der Waals surface area contributed by atoms with Crippen molar-refractivity contribution in [1.29, 1.82) is 0 Å². The van der Waals surface area contributed by atoms with Crippen LogP contribution in [0.3, 0.4) is 0 Å². The van der Waals surface area contributed by atoms with E-state index in [0.29, 0.717) is 22.5 Å². The molecular formula is C22H16F5N5O2. The smallest absolute Gasteiger partial charge is 0.416 e. The van der Waals surface area contributed by atoms with Gasteiger partial charge in [0.05, 0.1) is 29.7 Å². The molecule has 0 aliphatic heterocycles. The number of carbonyl (C=O) groups excluding carboxylic acids is 1. The Morgan fingerprint density at radius 1 is 1.12 bits per heavy atom. The lowest BCUT2D eigenvalue weighted by molar-refractivity contribution is -0.137. The molecule has 2 aromatic carbocycles. The maximum absolute atomic E-state index is 12.9. The number of aromatic amines is 1. The summed E-state index contributed by atoms with van der Waals surface area (Å²) in [5.41, 5.74) is 1.10. The highest BCUT2D eigenvalue weighted by Crippen LogP contribution is 2.29. The van der Waals surface area contributed by atoms with Crippen LogP contribution >= 0.6 is 0 Å². The molecule has 0 bridgehead atoms. The van der Waals surface area contributed by atoms with Crippen LogP contribution in [0.15, 0.2) is 67.0 Å². The Morgan fingerprint density at radius 3 is 2.59 bits per heavy atom. The number of H-pyrrole nitrogens is 1. The second-order valence-electron chi connectivity index (χ2n) is 7.15. The molecule has 0 aliphatic carbocycles. The molecule has 176 valence electrons. The first-order chi connectivity index (χ1) is 16.2. The van der Waals surface area contributed by atoms with Crippen LogP contribution in [0.25, 0.3) is 11.3 Å². The van der Waals surface area contributed by atoms with Crippen molar-refractivity contribution < 1.29 is 31.5 Å². The van der Waals surface area contributed by atoms with E-state index in [-0.39, 0.29) is 18.0 Å². The van der Waals surface area contributed by atoms with Gasteiger partial charge in [0.2, 0.25) is 0 Å². The Bertz CT molecular complexity index is 1280. The lowest BCUT2D eigenvalue weighted by atomic mass is 10.1. The fraction of sp³-hybridized carbons (Fsp3) is 0.136. The van der Waals surface area contributed by atoms with Gasteiger partial charge in [0.1, 0.15) is 11.4 Å². The Kier molecular flexibility index (Phi) is 6.30. The van der Waals surface area contributed by atoms with Gasteiger partial charge in [-0.1, -0.05) is 12.1 Å². The first-order valence-corrected chi connectivity index (χ1v) is 9.78. The minimum atomic E-state index is -4.44. The van der Waals surface area contributed by atoms with Crippen molar-refractivity contribution in [2.45, 2.75) is 19.3 Å².